The fourth-order valence-corrected chi connectivity index (χ4v) is 4.45. The third-order valence-electron chi connectivity index (χ3n) is 6.70. The molecule has 0 unspecified atom stereocenters. The fourth-order valence-electron chi connectivity index (χ4n) is 4.45. The van der Waals surface area contributed by atoms with E-state index in [1.54, 1.807) is 18.7 Å². The Hall–Kier alpha value is -3.84. The highest BCUT2D eigenvalue weighted by atomic mass is 19.1. The van der Waals surface area contributed by atoms with E-state index in [2.05, 4.69) is 9.97 Å². The smallest absolute Gasteiger partial charge is 0.328 e. The molecule has 0 N–H and O–H groups in total. The molecule has 40 heavy (non-hydrogen) atoms. The first kappa shape index (κ1) is 26.4. The minimum Gasteiger partial charge on any atom is -0.328 e. The summed E-state index contributed by atoms with van der Waals surface area (Å²) in [6.07, 6.45) is 3.80. The highest BCUT2D eigenvalue weighted by Gasteiger charge is 2.15. The molecule has 0 spiro atoms. The molecule has 4 heterocycles. The van der Waals surface area contributed by atoms with E-state index in [0.717, 1.165) is 20.0 Å². The van der Waals surface area contributed by atoms with Crippen molar-refractivity contribution in [3.8, 4) is 0 Å². The number of nitrogens with zero attached hydrogens (tertiary/aromatic N) is 8. The first-order valence-electron chi connectivity index (χ1n) is 14.6. The van der Waals surface area contributed by atoms with Gasteiger partial charge in [-0.25, -0.2) is 28.3 Å². The van der Waals surface area contributed by atoms with Gasteiger partial charge in [0.2, 0.25) is 0 Å². The van der Waals surface area contributed by atoms with Gasteiger partial charge in [-0.2, -0.15) is 0 Å². The topological polar surface area (TPSA) is 124 Å². The number of hydrogen-bond acceptors (Lipinski definition) is 6. The van der Waals surface area contributed by atoms with Gasteiger partial charge in [0.15, 0.2) is 22.3 Å². The number of rotatable bonds is 10. The largest absolute Gasteiger partial charge is 0.332 e. The van der Waals surface area contributed by atoms with E-state index in [9.17, 15) is 28.0 Å². The van der Waals surface area contributed by atoms with Crippen LogP contribution in [0.1, 0.15) is 56.5 Å². The van der Waals surface area contributed by atoms with E-state index in [1.165, 1.54) is 36.4 Å². The number of imidazole rings is 2. The van der Waals surface area contributed by atoms with Crippen LogP contribution in [0.2, 0.25) is 0 Å². The summed E-state index contributed by atoms with van der Waals surface area (Å²) in [6, 6.07) is 0. The summed E-state index contributed by atoms with van der Waals surface area (Å²) >= 11 is 0. The molecule has 4 rings (SSSR count). The Labute approximate surface area is 233 Å². The van der Waals surface area contributed by atoms with E-state index in [0.29, 0.717) is 56.2 Å². The van der Waals surface area contributed by atoms with E-state index in [1.807, 2.05) is 0 Å². The molecule has 0 aliphatic rings. The zero-order valence-corrected chi connectivity index (χ0v) is 23.4. The minimum atomic E-state index is -2.56. The lowest BCUT2D eigenvalue weighted by molar-refractivity contribution is 0.327. The molecule has 0 aliphatic heterocycles. The van der Waals surface area contributed by atoms with Crippen molar-refractivity contribution in [1.29, 1.82) is 0 Å². The predicted octanol–water partition coefficient (Wildman–Crippen LogP) is 1.92. The Bertz CT molecular complexity index is 1810. The van der Waals surface area contributed by atoms with Crippen LogP contribution in [0.15, 0.2) is 31.8 Å². The Kier molecular flexibility index (Phi) is 8.58. The van der Waals surface area contributed by atoms with Gasteiger partial charge in [0.25, 0.3) is 11.1 Å². The number of aromatic nitrogens is 8. The Morgan fingerprint density at radius 3 is 1.52 bits per heavy atom. The summed E-state index contributed by atoms with van der Waals surface area (Å²) in [6.45, 7) is 0.811. The SMILES string of the molecule is C[C@H](F)CCCCn1c(=O)c2c(ncn2C)n(C)c1=O.[2H]C([2H])([2H])n1cnc2c1c(=O)n(CCCC[C@H](C)F)c(=O)n2C. The van der Waals surface area contributed by atoms with Gasteiger partial charge < -0.3 is 9.13 Å². The van der Waals surface area contributed by atoms with Crippen LogP contribution in [0.3, 0.4) is 0 Å². The molecule has 0 aromatic carbocycles. The number of hydrogen-bond donors (Lipinski definition) is 0. The van der Waals surface area contributed by atoms with E-state index in [4.69, 9.17) is 4.11 Å². The second kappa shape index (κ2) is 13.0. The number of aryl methyl sites for hydroxylation is 4. The molecule has 2 atom stereocenters. The Balaban J connectivity index is 0.000000238. The van der Waals surface area contributed by atoms with Gasteiger partial charge in [-0.1, -0.05) is 0 Å². The third-order valence-corrected chi connectivity index (χ3v) is 6.70. The van der Waals surface area contributed by atoms with Crippen LogP contribution in [0.25, 0.3) is 22.3 Å². The lowest BCUT2D eigenvalue weighted by atomic mass is 10.2. The lowest BCUT2D eigenvalue weighted by Gasteiger charge is -2.08. The van der Waals surface area contributed by atoms with Gasteiger partial charge in [0.05, 0.1) is 25.0 Å². The molecule has 4 aromatic rings. The van der Waals surface area contributed by atoms with Gasteiger partial charge in [0.1, 0.15) is 0 Å². The second-order valence-electron chi connectivity index (χ2n) is 9.96. The molecule has 0 radical (unpaired) electrons. The molecule has 14 heteroatoms. The maximum atomic E-state index is 12.8. The second-order valence-corrected chi connectivity index (χ2v) is 9.96. The normalized spacial score (nSPS) is 14.4. The molecular formula is C26H38F2N8O4. The zero-order valence-electron chi connectivity index (χ0n) is 26.4. The average Bonchev–Trinajstić information content (AvgIpc) is 3.54. The highest BCUT2D eigenvalue weighted by Crippen LogP contribution is 2.07. The van der Waals surface area contributed by atoms with Crippen LogP contribution in [-0.4, -0.2) is 49.7 Å². The Morgan fingerprint density at radius 2 is 1.12 bits per heavy atom. The Morgan fingerprint density at radius 1 is 0.725 bits per heavy atom. The molecule has 12 nitrogen and oxygen atoms in total. The summed E-state index contributed by atoms with van der Waals surface area (Å²) in [4.78, 5) is 57.2. The van der Waals surface area contributed by atoms with Crippen LogP contribution < -0.4 is 22.5 Å². The van der Waals surface area contributed by atoms with Gasteiger partial charge in [0, 0.05) is 45.3 Å². The molecule has 0 amide bonds. The van der Waals surface area contributed by atoms with Gasteiger partial charge >= 0.3 is 11.4 Å². The van der Waals surface area contributed by atoms with Crippen molar-refractivity contribution in [3.63, 3.8) is 0 Å². The maximum absolute atomic E-state index is 12.8. The van der Waals surface area contributed by atoms with Crippen LogP contribution in [0.4, 0.5) is 8.78 Å². The third kappa shape index (κ3) is 6.48. The van der Waals surface area contributed by atoms with E-state index in [-0.39, 0.29) is 29.0 Å². The summed E-state index contributed by atoms with van der Waals surface area (Å²) in [5, 5.41) is 0. The van der Waals surface area contributed by atoms with Crippen molar-refractivity contribution in [1.82, 2.24) is 37.4 Å². The van der Waals surface area contributed by atoms with Gasteiger partial charge in [-0.3, -0.25) is 27.9 Å². The molecular weight excluding hydrogens is 526 g/mol. The summed E-state index contributed by atoms with van der Waals surface area (Å²) in [5.74, 6) is 0. The monoisotopic (exact) mass is 567 g/mol. The fraction of sp³-hybridized carbons (Fsp3) is 0.615. The average molecular weight is 568 g/mol. The molecule has 0 saturated carbocycles. The van der Waals surface area contributed by atoms with E-state index >= 15 is 0 Å². The number of alkyl halides is 2. The quantitative estimate of drug-likeness (QED) is 0.270. The first-order chi connectivity index (χ1) is 20.1. The lowest BCUT2D eigenvalue weighted by Crippen LogP contribution is -2.39. The van der Waals surface area contributed by atoms with Crippen molar-refractivity contribution in [2.24, 2.45) is 28.1 Å². The standard InChI is InChI=1S/2C13H19FN4O2/c2*1-9(14)6-4-5-7-18-12(19)10-11(15-8-16(10)2)17(3)13(18)20/h2*8-9H,4-7H2,1-3H3/t2*9-/m00/s1/i2D3;. The number of fused-ring (bicyclic) bond motifs is 2. The molecule has 0 saturated heterocycles. The molecule has 0 aliphatic carbocycles. The van der Waals surface area contributed by atoms with Crippen LogP contribution in [0.5, 0.6) is 0 Å². The summed E-state index contributed by atoms with van der Waals surface area (Å²) in [7, 11) is 4.74. The van der Waals surface area contributed by atoms with Crippen LogP contribution >= 0.6 is 0 Å². The molecule has 0 fully saturated rings. The molecule has 220 valence electrons. The molecule has 4 aromatic heterocycles. The summed E-state index contributed by atoms with van der Waals surface area (Å²) in [5.41, 5.74) is -1.28. The first-order valence-corrected chi connectivity index (χ1v) is 13.1. The van der Waals surface area contributed by atoms with Crippen molar-refractivity contribution in [2.45, 2.75) is 77.8 Å². The molecule has 0 bridgehead atoms. The van der Waals surface area contributed by atoms with Gasteiger partial charge in [-0.15, -0.1) is 0 Å². The van der Waals surface area contributed by atoms with Crippen LogP contribution in [-0.2, 0) is 41.2 Å². The van der Waals surface area contributed by atoms with Crippen molar-refractivity contribution in [2.75, 3.05) is 0 Å². The highest BCUT2D eigenvalue weighted by molar-refractivity contribution is 5.70. The van der Waals surface area contributed by atoms with Crippen molar-refractivity contribution >= 4 is 22.3 Å². The number of unbranched alkanes of at least 4 members (excludes halogenated alkanes) is 2. The van der Waals surface area contributed by atoms with Crippen LogP contribution in [0, 0.1) is 0 Å². The minimum absolute atomic E-state index is 0.0322. The maximum Gasteiger partial charge on any atom is 0.332 e. The van der Waals surface area contributed by atoms with Crippen molar-refractivity contribution < 1.29 is 12.9 Å². The predicted molar refractivity (Wildman–Crippen MR) is 149 cm³/mol. The number of halogens is 2. The summed E-state index contributed by atoms with van der Waals surface area (Å²) < 4.78 is 55.0. The van der Waals surface area contributed by atoms with E-state index < -0.39 is 30.6 Å². The van der Waals surface area contributed by atoms with Crippen molar-refractivity contribution in [3.05, 3.63) is 54.3 Å². The zero-order chi connectivity index (χ0) is 32.2. The van der Waals surface area contributed by atoms with Gasteiger partial charge in [-0.05, 0) is 52.4 Å².